The van der Waals surface area contributed by atoms with Gasteiger partial charge in [-0.1, -0.05) is 12.1 Å². The van der Waals surface area contributed by atoms with Crippen LogP contribution in [0.15, 0.2) is 42.7 Å². The van der Waals surface area contributed by atoms with Crippen molar-refractivity contribution in [1.29, 1.82) is 0 Å². The molecule has 0 unspecified atom stereocenters. The molecule has 116 valence electrons. The van der Waals surface area contributed by atoms with Gasteiger partial charge in [-0.2, -0.15) is 5.10 Å². The molecule has 1 fully saturated rings. The van der Waals surface area contributed by atoms with Crippen LogP contribution in [0, 0.1) is 0 Å². The number of nitrogens with zero attached hydrogens (tertiary/aromatic N) is 6. The van der Waals surface area contributed by atoms with Crippen LogP contribution < -0.4 is 5.32 Å². The first-order chi connectivity index (χ1) is 11.3. The fourth-order valence-corrected chi connectivity index (χ4v) is 2.43. The van der Waals surface area contributed by atoms with Gasteiger partial charge in [-0.15, -0.1) is 5.10 Å². The normalized spacial score (nSPS) is 13.9. The molecule has 0 aliphatic heterocycles. The summed E-state index contributed by atoms with van der Waals surface area (Å²) in [7, 11) is 0. The van der Waals surface area contributed by atoms with E-state index in [9.17, 15) is 4.79 Å². The van der Waals surface area contributed by atoms with Crippen molar-refractivity contribution in [3.8, 4) is 11.4 Å². The monoisotopic (exact) mass is 309 g/mol. The molecule has 0 bridgehead atoms. The molecule has 0 atom stereocenters. The standard InChI is InChI=1S/C15H15N7O/c23-14(10-21-8-2-7-16-21)17-12-4-1-3-11(9-12)15-18-19-20-22(15)13-5-6-13/h1-4,7-9,13H,5-6,10H2,(H,17,23). The SMILES string of the molecule is O=C(Cn1cccn1)Nc1cccc(-c2nnnn2C2CC2)c1. The van der Waals surface area contributed by atoms with Crippen LogP contribution in [0.1, 0.15) is 18.9 Å². The topological polar surface area (TPSA) is 90.5 Å². The summed E-state index contributed by atoms with van der Waals surface area (Å²) in [5.74, 6) is 0.600. The van der Waals surface area contributed by atoms with Crippen LogP contribution in [0.4, 0.5) is 5.69 Å². The number of anilines is 1. The minimum Gasteiger partial charge on any atom is -0.324 e. The summed E-state index contributed by atoms with van der Waals surface area (Å²) in [6.07, 6.45) is 5.61. The Morgan fingerprint density at radius 3 is 3.00 bits per heavy atom. The number of benzene rings is 1. The second-order valence-corrected chi connectivity index (χ2v) is 5.51. The van der Waals surface area contributed by atoms with Gasteiger partial charge in [-0.05, 0) is 41.5 Å². The first-order valence-corrected chi connectivity index (χ1v) is 7.45. The zero-order valence-electron chi connectivity index (χ0n) is 12.3. The van der Waals surface area contributed by atoms with Crippen LogP contribution in [0.2, 0.25) is 0 Å². The van der Waals surface area contributed by atoms with Crippen molar-refractivity contribution in [1.82, 2.24) is 30.0 Å². The maximum Gasteiger partial charge on any atom is 0.246 e. The molecule has 4 rings (SSSR count). The fourth-order valence-electron chi connectivity index (χ4n) is 2.43. The average Bonchev–Trinajstić information content (AvgIpc) is 3.06. The molecular formula is C15H15N7O. The van der Waals surface area contributed by atoms with Crippen LogP contribution in [-0.2, 0) is 11.3 Å². The molecule has 23 heavy (non-hydrogen) atoms. The number of hydrogen-bond acceptors (Lipinski definition) is 5. The van der Waals surface area contributed by atoms with E-state index in [1.807, 2.05) is 28.9 Å². The van der Waals surface area contributed by atoms with E-state index in [0.29, 0.717) is 11.7 Å². The number of nitrogens with one attached hydrogen (secondary N) is 1. The van der Waals surface area contributed by atoms with E-state index in [1.54, 1.807) is 23.1 Å². The molecule has 3 aromatic rings. The number of amides is 1. The lowest BCUT2D eigenvalue weighted by Gasteiger charge is -2.08. The van der Waals surface area contributed by atoms with Crippen LogP contribution >= 0.6 is 0 Å². The van der Waals surface area contributed by atoms with E-state index in [0.717, 1.165) is 24.2 Å². The molecule has 1 aliphatic rings. The lowest BCUT2D eigenvalue weighted by Crippen LogP contribution is -2.18. The molecule has 1 aromatic carbocycles. The highest BCUT2D eigenvalue weighted by Crippen LogP contribution is 2.36. The highest BCUT2D eigenvalue weighted by Gasteiger charge is 2.28. The lowest BCUT2D eigenvalue weighted by molar-refractivity contribution is -0.116. The minimum absolute atomic E-state index is 0.132. The Kier molecular flexibility index (Phi) is 3.34. The van der Waals surface area contributed by atoms with Gasteiger partial charge in [-0.25, -0.2) is 4.68 Å². The van der Waals surface area contributed by atoms with Crippen LogP contribution in [-0.4, -0.2) is 35.9 Å². The number of rotatable bonds is 5. The van der Waals surface area contributed by atoms with Crippen LogP contribution in [0.25, 0.3) is 11.4 Å². The van der Waals surface area contributed by atoms with E-state index < -0.39 is 0 Å². The molecule has 1 aliphatic carbocycles. The predicted octanol–water partition coefficient (Wildman–Crippen LogP) is 1.51. The van der Waals surface area contributed by atoms with E-state index in [-0.39, 0.29) is 12.5 Å². The maximum atomic E-state index is 12.0. The first kappa shape index (κ1) is 13.6. The van der Waals surface area contributed by atoms with Gasteiger partial charge in [0.1, 0.15) is 6.54 Å². The highest BCUT2D eigenvalue weighted by molar-refractivity contribution is 5.91. The zero-order chi connectivity index (χ0) is 15.6. The number of hydrogen-bond donors (Lipinski definition) is 1. The summed E-state index contributed by atoms with van der Waals surface area (Å²) in [4.78, 5) is 12.0. The molecule has 0 spiro atoms. The molecule has 8 heteroatoms. The third kappa shape index (κ3) is 2.96. The fraction of sp³-hybridized carbons (Fsp3) is 0.267. The molecule has 8 nitrogen and oxygen atoms in total. The summed E-state index contributed by atoms with van der Waals surface area (Å²) in [6, 6.07) is 9.73. The van der Waals surface area contributed by atoms with E-state index >= 15 is 0 Å². The highest BCUT2D eigenvalue weighted by atomic mass is 16.2. The lowest BCUT2D eigenvalue weighted by atomic mass is 10.2. The molecule has 0 radical (unpaired) electrons. The Labute approximate surface area is 132 Å². The quantitative estimate of drug-likeness (QED) is 0.771. The van der Waals surface area contributed by atoms with E-state index in [2.05, 4.69) is 25.9 Å². The molecule has 0 saturated heterocycles. The van der Waals surface area contributed by atoms with Crippen LogP contribution in [0.3, 0.4) is 0 Å². The minimum atomic E-state index is -0.132. The largest absolute Gasteiger partial charge is 0.324 e. The smallest absolute Gasteiger partial charge is 0.246 e. The summed E-state index contributed by atoms with van der Waals surface area (Å²) >= 11 is 0. The summed E-state index contributed by atoms with van der Waals surface area (Å²) in [6.45, 7) is 0.178. The first-order valence-electron chi connectivity index (χ1n) is 7.45. The second kappa shape index (κ2) is 5.64. The third-order valence-electron chi connectivity index (χ3n) is 3.65. The van der Waals surface area contributed by atoms with Crippen molar-refractivity contribution in [2.75, 3.05) is 5.32 Å². The van der Waals surface area contributed by atoms with Crippen molar-refractivity contribution < 1.29 is 4.79 Å². The number of tetrazole rings is 1. The van der Waals surface area contributed by atoms with Gasteiger partial charge in [0.2, 0.25) is 5.91 Å². The molecule has 2 heterocycles. The van der Waals surface area contributed by atoms with Gasteiger partial charge in [0.25, 0.3) is 0 Å². The van der Waals surface area contributed by atoms with Crippen molar-refractivity contribution in [3.05, 3.63) is 42.7 Å². The number of carbonyl (C=O) groups excluding carboxylic acids is 1. The Morgan fingerprint density at radius 1 is 1.30 bits per heavy atom. The zero-order valence-corrected chi connectivity index (χ0v) is 12.3. The van der Waals surface area contributed by atoms with Crippen molar-refractivity contribution in [2.24, 2.45) is 0 Å². The third-order valence-corrected chi connectivity index (χ3v) is 3.65. The van der Waals surface area contributed by atoms with Gasteiger partial charge >= 0.3 is 0 Å². The maximum absolute atomic E-state index is 12.0. The molecule has 1 saturated carbocycles. The molecule has 2 aromatic heterocycles. The Morgan fingerprint density at radius 2 is 2.22 bits per heavy atom. The Hall–Kier alpha value is -3.03. The second-order valence-electron chi connectivity index (χ2n) is 5.51. The number of carbonyl (C=O) groups is 1. The van der Waals surface area contributed by atoms with Gasteiger partial charge in [0.05, 0.1) is 6.04 Å². The summed E-state index contributed by atoms with van der Waals surface area (Å²) < 4.78 is 3.43. The van der Waals surface area contributed by atoms with E-state index in [4.69, 9.17) is 0 Å². The van der Waals surface area contributed by atoms with Crippen LogP contribution in [0.5, 0.6) is 0 Å². The molecular weight excluding hydrogens is 294 g/mol. The van der Waals surface area contributed by atoms with Crippen molar-refractivity contribution >= 4 is 11.6 Å². The van der Waals surface area contributed by atoms with Crippen molar-refractivity contribution in [3.63, 3.8) is 0 Å². The predicted molar refractivity (Wildman–Crippen MR) is 82.4 cm³/mol. The molecule has 1 N–H and O–H groups in total. The Bertz CT molecular complexity index is 820. The number of aromatic nitrogens is 6. The average molecular weight is 309 g/mol. The van der Waals surface area contributed by atoms with Gasteiger partial charge in [-0.3, -0.25) is 9.48 Å². The van der Waals surface area contributed by atoms with Gasteiger partial charge in [0, 0.05) is 23.6 Å². The van der Waals surface area contributed by atoms with Crippen molar-refractivity contribution in [2.45, 2.75) is 25.4 Å². The summed E-state index contributed by atoms with van der Waals surface area (Å²) in [5.41, 5.74) is 1.60. The van der Waals surface area contributed by atoms with E-state index in [1.165, 1.54) is 0 Å². The van der Waals surface area contributed by atoms with Gasteiger partial charge < -0.3 is 5.32 Å². The molecule has 1 amide bonds. The Balaban J connectivity index is 1.52. The summed E-state index contributed by atoms with van der Waals surface area (Å²) in [5, 5.41) is 18.8. The van der Waals surface area contributed by atoms with Gasteiger partial charge in [0.15, 0.2) is 5.82 Å².